The molecule has 4 rings (SSSR count). The molecule has 0 radical (unpaired) electrons. The largest absolute Gasteiger partial charge is 0.378 e. The van der Waals surface area contributed by atoms with Crippen LogP contribution in [0.5, 0.6) is 0 Å². The molecular weight excluding hydrogens is 436 g/mol. The summed E-state index contributed by atoms with van der Waals surface area (Å²) in [6.07, 6.45) is 0.965. The lowest BCUT2D eigenvalue weighted by atomic mass is 10.1. The molecule has 3 aromatic rings. The van der Waals surface area contributed by atoms with Crippen LogP contribution in [-0.4, -0.2) is 62.1 Å². The number of rotatable bonds is 6. The van der Waals surface area contributed by atoms with Gasteiger partial charge in [0.2, 0.25) is 5.91 Å². The number of carbonyl (C=O) groups is 2. The van der Waals surface area contributed by atoms with Crippen LogP contribution in [0.25, 0.3) is 10.2 Å². The number of benzene rings is 1. The molecule has 2 amide bonds. The van der Waals surface area contributed by atoms with Gasteiger partial charge in [0.25, 0.3) is 5.91 Å². The van der Waals surface area contributed by atoms with Gasteiger partial charge in [0.05, 0.1) is 18.9 Å². The van der Waals surface area contributed by atoms with E-state index in [2.05, 4.69) is 22.4 Å². The molecule has 8 heteroatoms. The van der Waals surface area contributed by atoms with Gasteiger partial charge in [-0.3, -0.25) is 9.59 Å². The van der Waals surface area contributed by atoms with Crippen molar-refractivity contribution in [3.8, 4) is 0 Å². The average molecular weight is 467 g/mol. The Hall–Kier alpha value is -2.97. The first-order chi connectivity index (χ1) is 15.8. The van der Waals surface area contributed by atoms with Crippen molar-refractivity contribution in [2.45, 2.75) is 26.7 Å². The average Bonchev–Trinajstić information content (AvgIpc) is 3.16. The van der Waals surface area contributed by atoms with E-state index in [0.717, 1.165) is 32.7 Å². The first kappa shape index (κ1) is 23.2. The van der Waals surface area contributed by atoms with Gasteiger partial charge < -0.3 is 19.9 Å². The Morgan fingerprint density at radius 1 is 1.15 bits per heavy atom. The number of anilines is 2. The molecule has 0 spiro atoms. The first-order valence-corrected chi connectivity index (χ1v) is 12.0. The molecule has 0 bridgehead atoms. The Morgan fingerprint density at radius 2 is 1.85 bits per heavy atom. The van der Waals surface area contributed by atoms with Crippen LogP contribution in [-0.2, 0) is 16.0 Å². The molecule has 1 saturated heterocycles. The van der Waals surface area contributed by atoms with Gasteiger partial charge >= 0.3 is 0 Å². The van der Waals surface area contributed by atoms with E-state index in [4.69, 9.17) is 4.74 Å². The lowest BCUT2D eigenvalue weighted by Crippen LogP contribution is -2.40. The number of nitrogens with zero attached hydrogens (tertiary/aromatic N) is 3. The maximum absolute atomic E-state index is 13.3. The SMILES string of the molecule is Cc1cc(C)c2c(NC(=O)CCc3ccc(N(C)C)cc3)c(C(=O)N3CCOCC3)sc2n1. The second-order valence-corrected chi connectivity index (χ2v) is 9.58. The Balaban J connectivity index is 1.57. The van der Waals surface area contributed by atoms with Crippen LogP contribution in [0.4, 0.5) is 11.4 Å². The highest BCUT2D eigenvalue weighted by Gasteiger charge is 2.27. The van der Waals surface area contributed by atoms with E-state index in [0.29, 0.717) is 49.7 Å². The van der Waals surface area contributed by atoms with Crippen molar-refractivity contribution in [2.75, 3.05) is 50.6 Å². The number of amides is 2. The number of nitrogens with one attached hydrogen (secondary N) is 1. The van der Waals surface area contributed by atoms with E-state index < -0.39 is 0 Å². The lowest BCUT2D eigenvalue weighted by molar-refractivity contribution is -0.116. The van der Waals surface area contributed by atoms with Crippen molar-refractivity contribution >= 4 is 44.7 Å². The summed E-state index contributed by atoms with van der Waals surface area (Å²) < 4.78 is 5.39. The zero-order valence-electron chi connectivity index (χ0n) is 19.6. The number of morpholine rings is 1. The fraction of sp³-hybridized carbons (Fsp3) is 0.400. The van der Waals surface area contributed by atoms with Gasteiger partial charge in [-0.05, 0) is 49.6 Å². The molecular formula is C25H30N4O3S. The molecule has 1 aliphatic rings. The molecule has 0 aliphatic carbocycles. The summed E-state index contributed by atoms with van der Waals surface area (Å²) >= 11 is 1.35. The maximum Gasteiger partial charge on any atom is 0.266 e. The number of ether oxygens (including phenoxy) is 1. The number of fused-ring (bicyclic) bond motifs is 1. The summed E-state index contributed by atoms with van der Waals surface area (Å²) in [6, 6.07) is 10.2. The van der Waals surface area contributed by atoms with E-state index in [1.165, 1.54) is 11.3 Å². The van der Waals surface area contributed by atoms with Crippen molar-refractivity contribution in [1.82, 2.24) is 9.88 Å². The van der Waals surface area contributed by atoms with E-state index in [9.17, 15) is 9.59 Å². The lowest BCUT2D eigenvalue weighted by Gasteiger charge is -2.26. The first-order valence-electron chi connectivity index (χ1n) is 11.2. The van der Waals surface area contributed by atoms with Crippen LogP contribution in [0.1, 0.15) is 32.9 Å². The molecule has 2 aromatic heterocycles. The Labute approximate surface area is 198 Å². The molecule has 3 heterocycles. The highest BCUT2D eigenvalue weighted by molar-refractivity contribution is 7.21. The number of aryl methyl sites for hydroxylation is 3. The van der Waals surface area contributed by atoms with Gasteiger partial charge in [0.15, 0.2) is 0 Å². The van der Waals surface area contributed by atoms with Crippen LogP contribution in [0.2, 0.25) is 0 Å². The molecule has 7 nitrogen and oxygen atoms in total. The van der Waals surface area contributed by atoms with Gasteiger partial charge in [0.1, 0.15) is 9.71 Å². The minimum atomic E-state index is -0.109. The summed E-state index contributed by atoms with van der Waals surface area (Å²) in [5.41, 5.74) is 4.71. The molecule has 1 aromatic carbocycles. The number of hydrogen-bond donors (Lipinski definition) is 1. The predicted octanol–water partition coefficient (Wildman–Crippen LogP) is 4.02. The van der Waals surface area contributed by atoms with E-state index >= 15 is 0 Å². The fourth-order valence-corrected chi connectivity index (χ4v) is 5.26. The quantitative estimate of drug-likeness (QED) is 0.594. The molecule has 0 saturated carbocycles. The third kappa shape index (κ3) is 5.17. The Bertz CT molecular complexity index is 1160. The molecule has 33 heavy (non-hydrogen) atoms. The second-order valence-electron chi connectivity index (χ2n) is 8.58. The van der Waals surface area contributed by atoms with Gasteiger partial charge in [0, 0.05) is 50.4 Å². The van der Waals surface area contributed by atoms with Gasteiger partial charge in [-0.1, -0.05) is 12.1 Å². The normalized spacial score (nSPS) is 13.9. The molecule has 0 atom stereocenters. The number of carbonyl (C=O) groups excluding carboxylic acids is 2. The monoisotopic (exact) mass is 466 g/mol. The minimum Gasteiger partial charge on any atom is -0.378 e. The fourth-order valence-electron chi connectivity index (χ4n) is 4.04. The van der Waals surface area contributed by atoms with Crippen molar-refractivity contribution in [3.05, 3.63) is 52.0 Å². The summed E-state index contributed by atoms with van der Waals surface area (Å²) in [5, 5.41) is 3.91. The van der Waals surface area contributed by atoms with Crippen molar-refractivity contribution in [2.24, 2.45) is 0 Å². The summed E-state index contributed by atoms with van der Waals surface area (Å²) in [6.45, 7) is 6.09. The summed E-state index contributed by atoms with van der Waals surface area (Å²) in [5.74, 6) is -0.185. The number of pyridine rings is 1. The summed E-state index contributed by atoms with van der Waals surface area (Å²) in [4.78, 5) is 36.1. The number of hydrogen-bond acceptors (Lipinski definition) is 6. The predicted molar refractivity (Wildman–Crippen MR) is 134 cm³/mol. The van der Waals surface area contributed by atoms with Gasteiger partial charge in [-0.15, -0.1) is 11.3 Å². The van der Waals surface area contributed by atoms with E-state index in [1.807, 2.05) is 51.0 Å². The van der Waals surface area contributed by atoms with Crippen LogP contribution in [0.15, 0.2) is 30.3 Å². The second kappa shape index (κ2) is 9.89. The minimum absolute atomic E-state index is 0.0760. The molecule has 0 unspecified atom stereocenters. The third-order valence-corrected chi connectivity index (χ3v) is 6.91. The Morgan fingerprint density at radius 3 is 2.52 bits per heavy atom. The standard InChI is InChI=1S/C25H30N4O3S/c1-16-15-17(2)26-24-21(16)22(23(33-24)25(31)29-11-13-32-14-12-29)27-20(30)10-7-18-5-8-19(9-6-18)28(3)4/h5-6,8-9,15H,7,10-14H2,1-4H3,(H,27,30). The smallest absolute Gasteiger partial charge is 0.266 e. The van der Waals surface area contributed by atoms with Crippen LogP contribution >= 0.6 is 11.3 Å². The topological polar surface area (TPSA) is 74.8 Å². The molecule has 1 aliphatic heterocycles. The van der Waals surface area contributed by atoms with E-state index in [-0.39, 0.29) is 11.8 Å². The zero-order valence-corrected chi connectivity index (χ0v) is 20.4. The summed E-state index contributed by atoms with van der Waals surface area (Å²) in [7, 11) is 4.00. The van der Waals surface area contributed by atoms with Crippen LogP contribution < -0.4 is 10.2 Å². The molecule has 1 N–H and O–H groups in total. The highest BCUT2D eigenvalue weighted by atomic mass is 32.1. The third-order valence-electron chi connectivity index (χ3n) is 5.84. The maximum atomic E-state index is 13.3. The molecule has 174 valence electrons. The zero-order chi connectivity index (χ0) is 23.5. The van der Waals surface area contributed by atoms with Crippen molar-refractivity contribution in [1.29, 1.82) is 0 Å². The highest BCUT2D eigenvalue weighted by Crippen LogP contribution is 2.38. The van der Waals surface area contributed by atoms with Crippen molar-refractivity contribution in [3.63, 3.8) is 0 Å². The van der Waals surface area contributed by atoms with Gasteiger partial charge in [-0.25, -0.2) is 4.98 Å². The molecule has 1 fully saturated rings. The van der Waals surface area contributed by atoms with Crippen LogP contribution in [0, 0.1) is 13.8 Å². The van der Waals surface area contributed by atoms with E-state index in [1.54, 1.807) is 4.90 Å². The number of aromatic nitrogens is 1. The van der Waals surface area contributed by atoms with Crippen LogP contribution in [0.3, 0.4) is 0 Å². The van der Waals surface area contributed by atoms with Crippen molar-refractivity contribution < 1.29 is 14.3 Å². The Kier molecular flexibility index (Phi) is 6.95. The number of thiophene rings is 1. The van der Waals surface area contributed by atoms with Gasteiger partial charge in [-0.2, -0.15) is 0 Å².